The molecule has 7 aromatic carbocycles. The molecule has 0 aliphatic heterocycles. The number of benzene rings is 7. The van der Waals surface area contributed by atoms with E-state index in [0.29, 0.717) is 11.8 Å². The molecule has 0 atom stereocenters. The normalized spacial score (nSPS) is 14.8. The van der Waals surface area contributed by atoms with Crippen molar-refractivity contribution in [2.75, 3.05) is 4.90 Å². The molecule has 0 saturated heterocycles. The van der Waals surface area contributed by atoms with Crippen LogP contribution in [0.3, 0.4) is 0 Å². The molecule has 0 saturated carbocycles. The van der Waals surface area contributed by atoms with Crippen molar-refractivity contribution in [1.82, 2.24) is 0 Å². The van der Waals surface area contributed by atoms with Gasteiger partial charge in [0, 0.05) is 38.7 Å². The summed E-state index contributed by atoms with van der Waals surface area (Å²) in [7, 11) is 0. The van der Waals surface area contributed by atoms with Crippen molar-refractivity contribution in [2.24, 2.45) is 0 Å². The van der Waals surface area contributed by atoms with Gasteiger partial charge in [0.15, 0.2) is 0 Å². The molecular formula is C58H57NO. The van der Waals surface area contributed by atoms with Crippen molar-refractivity contribution in [3.63, 3.8) is 0 Å². The van der Waals surface area contributed by atoms with E-state index in [-0.39, 0.29) is 16.2 Å². The lowest BCUT2D eigenvalue weighted by Gasteiger charge is -2.30. The summed E-state index contributed by atoms with van der Waals surface area (Å²) in [5, 5.41) is 2.38. The molecule has 0 spiro atoms. The van der Waals surface area contributed by atoms with Crippen LogP contribution in [0.4, 0.5) is 17.1 Å². The lowest BCUT2D eigenvalue weighted by molar-refractivity contribution is 0.584. The van der Waals surface area contributed by atoms with Gasteiger partial charge in [0.25, 0.3) is 0 Å². The molecule has 0 radical (unpaired) electrons. The van der Waals surface area contributed by atoms with Gasteiger partial charge >= 0.3 is 0 Å². The standard InChI is InChI=1S/C58H57NO/c1-34(2)38-29-47(35(3)4)55-49(30-38)48-28-37(19-26-54(48)60-55)36-15-14-16-40(27-36)59(41-21-24-45-43-17-12-13-18-50(43)57(8,9)52(45)32-41)42-22-25-46-44-23-20-39(56(5,6)7)31-51(44)58(10,11)53(46)33-42/h12-35H,1-11H3. The zero-order valence-corrected chi connectivity index (χ0v) is 37.2. The van der Waals surface area contributed by atoms with Gasteiger partial charge in [-0.2, -0.15) is 0 Å². The second-order valence-corrected chi connectivity index (χ2v) is 20.3. The molecule has 1 heterocycles. The summed E-state index contributed by atoms with van der Waals surface area (Å²) in [6.45, 7) is 25.6. The number of furan rings is 1. The topological polar surface area (TPSA) is 16.4 Å². The fraction of sp³-hybridized carbons (Fsp3) is 0.276. The Balaban J connectivity index is 1.14. The highest BCUT2D eigenvalue weighted by Crippen LogP contribution is 2.54. The zero-order chi connectivity index (χ0) is 42.0. The molecule has 0 amide bonds. The van der Waals surface area contributed by atoms with Gasteiger partial charge < -0.3 is 9.32 Å². The van der Waals surface area contributed by atoms with E-state index in [1.165, 1.54) is 83.1 Å². The van der Waals surface area contributed by atoms with Gasteiger partial charge in [0.2, 0.25) is 0 Å². The van der Waals surface area contributed by atoms with Gasteiger partial charge in [-0.05, 0) is 144 Å². The van der Waals surface area contributed by atoms with E-state index >= 15 is 0 Å². The van der Waals surface area contributed by atoms with Crippen molar-refractivity contribution in [2.45, 2.75) is 104 Å². The van der Waals surface area contributed by atoms with E-state index < -0.39 is 0 Å². The second kappa shape index (κ2) is 13.3. The summed E-state index contributed by atoms with van der Waals surface area (Å²) in [6, 6.07) is 50.9. The number of fused-ring (bicyclic) bond motifs is 9. The zero-order valence-electron chi connectivity index (χ0n) is 37.2. The Morgan fingerprint density at radius 2 is 1.07 bits per heavy atom. The average molecular weight is 784 g/mol. The van der Waals surface area contributed by atoms with Gasteiger partial charge in [-0.3, -0.25) is 0 Å². The van der Waals surface area contributed by atoms with Gasteiger partial charge in [0.05, 0.1) is 0 Å². The number of rotatable bonds is 6. The Kier molecular flexibility index (Phi) is 8.51. The second-order valence-electron chi connectivity index (χ2n) is 20.3. The van der Waals surface area contributed by atoms with E-state index in [0.717, 1.165) is 28.2 Å². The van der Waals surface area contributed by atoms with Crippen LogP contribution in [0.2, 0.25) is 0 Å². The Morgan fingerprint density at radius 1 is 0.483 bits per heavy atom. The number of anilines is 3. The smallest absolute Gasteiger partial charge is 0.138 e. The molecule has 0 fully saturated rings. The molecule has 2 aliphatic carbocycles. The molecular weight excluding hydrogens is 727 g/mol. The first-order valence-electron chi connectivity index (χ1n) is 22.0. The first-order valence-corrected chi connectivity index (χ1v) is 22.0. The maximum Gasteiger partial charge on any atom is 0.138 e. The first kappa shape index (κ1) is 38.3. The predicted molar refractivity (Wildman–Crippen MR) is 256 cm³/mol. The van der Waals surface area contributed by atoms with Crippen LogP contribution in [0.1, 0.15) is 127 Å². The summed E-state index contributed by atoms with van der Waals surface area (Å²) < 4.78 is 6.62. The van der Waals surface area contributed by atoms with E-state index in [1.807, 2.05) is 0 Å². The monoisotopic (exact) mass is 783 g/mol. The van der Waals surface area contributed by atoms with Gasteiger partial charge in [-0.25, -0.2) is 0 Å². The maximum atomic E-state index is 6.62. The fourth-order valence-corrected chi connectivity index (χ4v) is 10.3. The van der Waals surface area contributed by atoms with Crippen molar-refractivity contribution >= 4 is 39.0 Å². The van der Waals surface area contributed by atoms with Gasteiger partial charge in [0.1, 0.15) is 11.2 Å². The van der Waals surface area contributed by atoms with Crippen LogP contribution >= 0.6 is 0 Å². The molecule has 60 heavy (non-hydrogen) atoms. The summed E-state index contributed by atoms with van der Waals surface area (Å²) in [4.78, 5) is 2.48. The summed E-state index contributed by atoms with van der Waals surface area (Å²) in [5.41, 5.74) is 22.5. The number of nitrogens with zero attached hydrogens (tertiary/aromatic N) is 1. The van der Waals surface area contributed by atoms with Crippen molar-refractivity contribution in [3.8, 4) is 33.4 Å². The summed E-state index contributed by atoms with van der Waals surface area (Å²) in [5.74, 6) is 0.800. The molecule has 0 bridgehead atoms. The molecule has 0 N–H and O–H groups in total. The van der Waals surface area contributed by atoms with Gasteiger partial charge in [-0.15, -0.1) is 0 Å². The molecule has 2 nitrogen and oxygen atoms in total. The molecule has 2 aliphatic rings. The van der Waals surface area contributed by atoms with Crippen molar-refractivity contribution in [1.29, 1.82) is 0 Å². The number of hydrogen-bond acceptors (Lipinski definition) is 2. The molecule has 0 unspecified atom stereocenters. The SMILES string of the molecule is CC(C)c1cc(C(C)C)c2oc3ccc(-c4cccc(N(c5ccc6c(c5)C(C)(C)c5ccccc5-6)c5ccc6c(c5)C(C)(C)c5cc(C(C)(C)C)ccc5-6)c4)cc3c2c1. The van der Waals surface area contributed by atoms with Crippen LogP contribution in [0, 0.1) is 0 Å². The highest BCUT2D eigenvalue weighted by Gasteiger charge is 2.38. The summed E-state index contributed by atoms with van der Waals surface area (Å²) >= 11 is 0. The highest BCUT2D eigenvalue weighted by atomic mass is 16.3. The van der Waals surface area contributed by atoms with Crippen molar-refractivity contribution < 1.29 is 4.42 Å². The maximum absolute atomic E-state index is 6.62. The fourth-order valence-electron chi connectivity index (χ4n) is 10.3. The number of hydrogen-bond donors (Lipinski definition) is 0. The van der Waals surface area contributed by atoms with Crippen LogP contribution in [0.5, 0.6) is 0 Å². The molecule has 2 heteroatoms. The van der Waals surface area contributed by atoms with Crippen LogP contribution in [0.15, 0.2) is 138 Å². The minimum atomic E-state index is -0.148. The quantitative estimate of drug-likeness (QED) is 0.167. The van der Waals surface area contributed by atoms with Crippen molar-refractivity contribution in [3.05, 3.63) is 172 Å². The molecule has 300 valence electrons. The third-order valence-electron chi connectivity index (χ3n) is 14.0. The minimum Gasteiger partial charge on any atom is -0.456 e. The lowest BCUT2D eigenvalue weighted by atomic mass is 9.79. The highest BCUT2D eigenvalue weighted by molar-refractivity contribution is 6.08. The lowest BCUT2D eigenvalue weighted by Crippen LogP contribution is -2.19. The molecule has 8 aromatic rings. The third kappa shape index (κ3) is 5.81. The van der Waals surface area contributed by atoms with Gasteiger partial charge in [-0.1, -0.05) is 155 Å². The minimum absolute atomic E-state index is 0.0805. The van der Waals surface area contributed by atoms with Crippen LogP contribution in [-0.2, 0) is 16.2 Å². The average Bonchev–Trinajstić information content (AvgIpc) is 3.79. The third-order valence-corrected chi connectivity index (χ3v) is 14.0. The largest absolute Gasteiger partial charge is 0.456 e. The Labute approximate surface area is 356 Å². The first-order chi connectivity index (χ1) is 28.5. The van der Waals surface area contributed by atoms with E-state index in [1.54, 1.807) is 0 Å². The molecule has 1 aromatic heterocycles. The van der Waals surface area contributed by atoms with E-state index in [2.05, 4.69) is 215 Å². The van der Waals surface area contributed by atoms with Crippen LogP contribution < -0.4 is 4.90 Å². The Hall–Kier alpha value is -5.86. The van der Waals surface area contributed by atoms with E-state index in [4.69, 9.17) is 4.42 Å². The predicted octanol–water partition coefficient (Wildman–Crippen LogP) is 16.9. The molecule has 10 rings (SSSR count). The Morgan fingerprint density at radius 3 is 1.72 bits per heavy atom. The van der Waals surface area contributed by atoms with Crippen LogP contribution in [0.25, 0.3) is 55.3 Å². The summed E-state index contributed by atoms with van der Waals surface area (Å²) in [6.07, 6.45) is 0. The van der Waals surface area contributed by atoms with E-state index in [9.17, 15) is 0 Å². The van der Waals surface area contributed by atoms with Crippen LogP contribution in [-0.4, -0.2) is 0 Å². The Bertz CT molecular complexity index is 3030.